The Balaban J connectivity index is 0.00000225. The summed E-state index contributed by atoms with van der Waals surface area (Å²) in [7, 11) is 0. The highest BCUT2D eigenvalue weighted by atomic mass is 127. The molecule has 152 valence electrons. The van der Waals surface area contributed by atoms with Gasteiger partial charge >= 0.3 is 0 Å². The van der Waals surface area contributed by atoms with Crippen LogP contribution < -0.4 is 10.6 Å². The predicted molar refractivity (Wildman–Crippen MR) is 118 cm³/mol. The van der Waals surface area contributed by atoms with E-state index in [-0.39, 0.29) is 29.8 Å². The van der Waals surface area contributed by atoms with Crippen molar-refractivity contribution in [2.24, 2.45) is 4.99 Å². The standard InChI is InChI=1S/C20H26FN5O.HI/c1-3-22-20(24-18-10-17-8-9-19(18)27-17)23-11-14-12-26(25-13(14)2)16-6-4-15(21)5-7-16;/h4-7,12,17-19H,3,8-11H2,1-2H3,(H2,22,23,24);1H. The van der Waals surface area contributed by atoms with Crippen molar-refractivity contribution in [1.82, 2.24) is 20.4 Å². The molecule has 1 aromatic heterocycles. The van der Waals surface area contributed by atoms with Crippen LogP contribution in [0.2, 0.25) is 0 Å². The van der Waals surface area contributed by atoms with Gasteiger partial charge in [-0.2, -0.15) is 5.10 Å². The van der Waals surface area contributed by atoms with Crippen LogP contribution in [0.3, 0.4) is 0 Å². The number of hydrogen-bond acceptors (Lipinski definition) is 3. The molecular weight excluding hydrogens is 472 g/mol. The molecule has 3 atom stereocenters. The average molecular weight is 499 g/mol. The summed E-state index contributed by atoms with van der Waals surface area (Å²) in [5.41, 5.74) is 2.79. The summed E-state index contributed by atoms with van der Waals surface area (Å²) in [6.45, 7) is 5.37. The number of aliphatic imine (C=N–C) groups is 1. The van der Waals surface area contributed by atoms with E-state index in [0.717, 1.165) is 42.3 Å². The van der Waals surface area contributed by atoms with E-state index in [4.69, 9.17) is 9.73 Å². The summed E-state index contributed by atoms with van der Waals surface area (Å²) < 4.78 is 20.8. The fourth-order valence-corrected chi connectivity index (χ4v) is 3.83. The molecule has 1 aromatic carbocycles. The lowest BCUT2D eigenvalue weighted by atomic mass is 9.96. The van der Waals surface area contributed by atoms with Gasteiger partial charge in [0.05, 0.1) is 36.2 Å². The number of rotatable bonds is 5. The monoisotopic (exact) mass is 499 g/mol. The second-order valence-corrected chi connectivity index (χ2v) is 7.22. The minimum Gasteiger partial charge on any atom is -0.373 e. The van der Waals surface area contributed by atoms with Crippen LogP contribution in [0.25, 0.3) is 5.69 Å². The molecule has 2 aliphatic rings. The van der Waals surface area contributed by atoms with Gasteiger partial charge in [-0.15, -0.1) is 24.0 Å². The SMILES string of the molecule is CCNC(=NCc1cn(-c2ccc(F)cc2)nc1C)NC1CC2CCC1O2.I. The van der Waals surface area contributed by atoms with Gasteiger partial charge in [0, 0.05) is 18.3 Å². The van der Waals surface area contributed by atoms with Crippen LogP contribution >= 0.6 is 24.0 Å². The van der Waals surface area contributed by atoms with Crippen molar-refractivity contribution in [1.29, 1.82) is 0 Å². The highest BCUT2D eigenvalue weighted by Crippen LogP contribution is 2.34. The minimum absolute atomic E-state index is 0. The van der Waals surface area contributed by atoms with Gasteiger partial charge in [0.1, 0.15) is 5.82 Å². The van der Waals surface area contributed by atoms with Crippen LogP contribution in [0.15, 0.2) is 35.5 Å². The first kappa shape index (κ1) is 21.0. The lowest BCUT2D eigenvalue weighted by Gasteiger charge is -2.22. The number of hydrogen-bond donors (Lipinski definition) is 2. The Morgan fingerprint density at radius 2 is 2.11 bits per heavy atom. The molecule has 2 aliphatic heterocycles. The van der Waals surface area contributed by atoms with Crippen molar-refractivity contribution in [2.45, 2.75) is 57.9 Å². The van der Waals surface area contributed by atoms with Crippen LogP contribution in [0.1, 0.15) is 37.4 Å². The number of nitrogens with zero attached hydrogens (tertiary/aromatic N) is 3. The minimum atomic E-state index is -0.251. The second kappa shape index (κ2) is 9.21. The molecule has 2 fully saturated rings. The third-order valence-corrected chi connectivity index (χ3v) is 5.27. The van der Waals surface area contributed by atoms with Gasteiger partial charge in [-0.25, -0.2) is 14.1 Å². The number of aromatic nitrogens is 2. The fourth-order valence-electron chi connectivity index (χ4n) is 3.83. The van der Waals surface area contributed by atoms with Crippen LogP contribution in [0, 0.1) is 12.7 Å². The summed E-state index contributed by atoms with van der Waals surface area (Å²) in [6.07, 6.45) is 6.03. The summed E-state index contributed by atoms with van der Waals surface area (Å²) in [6, 6.07) is 6.65. The number of ether oxygens (including phenoxy) is 1. The Hall–Kier alpha value is -1.68. The number of aryl methyl sites for hydroxylation is 1. The number of halogens is 2. The Morgan fingerprint density at radius 3 is 2.75 bits per heavy atom. The summed E-state index contributed by atoms with van der Waals surface area (Å²) in [4.78, 5) is 4.74. The molecule has 2 saturated heterocycles. The zero-order valence-electron chi connectivity index (χ0n) is 16.2. The number of guanidine groups is 1. The summed E-state index contributed by atoms with van der Waals surface area (Å²) in [5.74, 6) is 0.561. The molecule has 3 unspecified atom stereocenters. The van der Waals surface area contributed by atoms with Crippen LogP contribution in [-0.4, -0.2) is 40.5 Å². The van der Waals surface area contributed by atoms with E-state index in [1.165, 1.54) is 18.6 Å². The lowest BCUT2D eigenvalue weighted by molar-refractivity contribution is 0.0992. The van der Waals surface area contributed by atoms with E-state index in [0.29, 0.717) is 24.8 Å². The van der Waals surface area contributed by atoms with Crippen molar-refractivity contribution in [3.63, 3.8) is 0 Å². The van der Waals surface area contributed by atoms with Crippen molar-refractivity contribution in [2.75, 3.05) is 6.54 Å². The molecular formula is C20H27FIN5O. The Morgan fingerprint density at radius 1 is 1.32 bits per heavy atom. The van der Waals surface area contributed by atoms with E-state index < -0.39 is 0 Å². The highest BCUT2D eigenvalue weighted by Gasteiger charge is 2.41. The Bertz CT molecular complexity index is 823. The maximum absolute atomic E-state index is 13.1. The van der Waals surface area contributed by atoms with Crippen molar-refractivity contribution < 1.29 is 9.13 Å². The van der Waals surface area contributed by atoms with Gasteiger partial charge in [0.15, 0.2) is 5.96 Å². The first-order valence-electron chi connectivity index (χ1n) is 9.63. The van der Waals surface area contributed by atoms with E-state index in [9.17, 15) is 4.39 Å². The topological polar surface area (TPSA) is 63.5 Å². The van der Waals surface area contributed by atoms with E-state index in [1.807, 2.05) is 13.1 Å². The quantitative estimate of drug-likeness (QED) is 0.377. The molecule has 3 heterocycles. The van der Waals surface area contributed by atoms with E-state index in [2.05, 4.69) is 22.7 Å². The van der Waals surface area contributed by atoms with Gasteiger partial charge in [-0.1, -0.05) is 0 Å². The van der Waals surface area contributed by atoms with Crippen molar-refractivity contribution >= 4 is 29.9 Å². The van der Waals surface area contributed by atoms with E-state index in [1.54, 1.807) is 16.8 Å². The van der Waals surface area contributed by atoms with Gasteiger partial charge in [0.2, 0.25) is 0 Å². The highest BCUT2D eigenvalue weighted by molar-refractivity contribution is 14.0. The summed E-state index contributed by atoms with van der Waals surface area (Å²) >= 11 is 0. The molecule has 0 amide bonds. The van der Waals surface area contributed by atoms with Gasteiger partial charge in [-0.3, -0.25) is 0 Å². The maximum Gasteiger partial charge on any atom is 0.191 e. The van der Waals surface area contributed by atoms with Crippen LogP contribution in [0.4, 0.5) is 4.39 Å². The van der Waals surface area contributed by atoms with E-state index >= 15 is 0 Å². The first-order valence-corrected chi connectivity index (χ1v) is 9.63. The lowest BCUT2D eigenvalue weighted by Crippen LogP contribution is -2.47. The number of fused-ring (bicyclic) bond motifs is 2. The molecule has 0 radical (unpaired) electrons. The van der Waals surface area contributed by atoms with Crippen LogP contribution in [0.5, 0.6) is 0 Å². The second-order valence-electron chi connectivity index (χ2n) is 7.22. The molecule has 0 spiro atoms. The fraction of sp³-hybridized carbons (Fsp3) is 0.500. The molecule has 4 rings (SSSR count). The third-order valence-electron chi connectivity index (χ3n) is 5.27. The molecule has 8 heteroatoms. The smallest absolute Gasteiger partial charge is 0.191 e. The van der Waals surface area contributed by atoms with Crippen molar-refractivity contribution in [3.05, 3.63) is 47.5 Å². The first-order chi connectivity index (χ1) is 13.1. The van der Waals surface area contributed by atoms with Gasteiger partial charge < -0.3 is 15.4 Å². The Labute approximate surface area is 182 Å². The predicted octanol–water partition coefficient (Wildman–Crippen LogP) is 3.31. The Kier molecular flexibility index (Phi) is 6.92. The zero-order valence-corrected chi connectivity index (χ0v) is 18.5. The molecule has 2 N–H and O–H groups in total. The maximum atomic E-state index is 13.1. The normalized spacial score (nSPS) is 23.5. The molecule has 0 aliphatic carbocycles. The molecule has 2 bridgehead atoms. The number of benzene rings is 1. The van der Waals surface area contributed by atoms with Crippen molar-refractivity contribution in [3.8, 4) is 5.69 Å². The van der Waals surface area contributed by atoms with Gasteiger partial charge in [-0.05, 0) is 57.4 Å². The average Bonchev–Trinajstić information content (AvgIpc) is 3.36. The molecule has 0 saturated carbocycles. The zero-order chi connectivity index (χ0) is 18.8. The molecule has 28 heavy (non-hydrogen) atoms. The largest absolute Gasteiger partial charge is 0.373 e. The van der Waals surface area contributed by atoms with Gasteiger partial charge in [0.25, 0.3) is 0 Å². The molecule has 2 aromatic rings. The van der Waals surface area contributed by atoms with Crippen LogP contribution in [-0.2, 0) is 11.3 Å². The number of nitrogens with one attached hydrogen (secondary N) is 2. The summed E-state index contributed by atoms with van der Waals surface area (Å²) in [5, 5.41) is 11.4. The third kappa shape index (κ3) is 4.65. The molecule has 6 nitrogen and oxygen atoms in total.